The van der Waals surface area contributed by atoms with E-state index < -0.39 is 20.6 Å². The Morgan fingerprint density at radius 1 is 1.35 bits per heavy atom. The second kappa shape index (κ2) is 6.21. The number of sulfone groups is 1. The van der Waals surface area contributed by atoms with Crippen LogP contribution in [0.15, 0.2) is 23.4 Å². The largest absolute Gasteiger partial charge is 0.481 e. The molecule has 1 heterocycles. The molecule has 0 aliphatic carbocycles. The predicted molar refractivity (Wildman–Crippen MR) is 76.5 cm³/mol. The van der Waals surface area contributed by atoms with E-state index in [1.807, 2.05) is 0 Å². The van der Waals surface area contributed by atoms with Crippen LogP contribution in [0.3, 0.4) is 0 Å². The minimum atomic E-state index is -3.45. The number of aromatic nitrogens is 1. The third kappa shape index (κ3) is 4.19. The first-order valence-corrected chi connectivity index (χ1v) is 7.79. The molecule has 0 saturated carbocycles. The maximum absolute atomic E-state index is 12.2. The summed E-state index contributed by atoms with van der Waals surface area (Å²) in [6.07, 6.45) is 2.04. The van der Waals surface area contributed by atoms with Crippen LogP contribution < -0.4 is 5.32 Å². The first-order chi connectivity index (χ1) is 9.14. The Bertz CT molecular complexity index is 559. The van der Waals surface area contributed by atoms with Crippen molar-refractivity contribution in [1.82, 2.24) is 4.98 Å². The third-order valence-electron chi connectivity index (χ3n) is 2.71. The van der Waals surface area contributed by atoms with Crippen LogP contribution >= 0.6 is 0 Å². The second-order valence-corrected chi connectivity index (χ2v) is 8.07. The molecule has 0 fully saturated rings. The Kier molecular flexibility index (Phi) is 5.10. The second-order valence-electron chi connectivity index (χ2n) is 5.42. The maximum Gasteiger partial charge on any atom is 0.303 e. The van der Waals surface area contributed by atoms with Gasteiger partial charge in [-0.2, -0.15) is 0 Å². The summed E-state index contributed by atoms with van der Waals surface area (Å²) in [5, 5.41) is 11.5. The van der Waals surface area contributed by atoms with Gasteiger partial charge in [-0.3, -0.25) is 4.79 Å². The number of carboxylic acids is 1. The lowest BCUT2D eigenvalue weighted by molar-refractivity contribution is -0.137. The van der Waals surface area contributed by atoms with Crippen molar-refractivity contribution in [1.29, 1.82) is 0 Å². The van der Waals surface area contributed by atoms with Crippen molar-refractivity contribution in [3.05, 3.63) is 18.3 Å². The molecule has 0 unspecified atom stereocenters. The maximum atomic E-state index is 12.2. The number of nitrogens with one attached hydrogen (secondary N) is 1. The number of hydrogen-bond acceptors (Lipinski definition) is 5. The van der Waals surface area contributed by atoms with Crippen LogP contribution in [0.2, 0.25) is 0 Å². The van der Waals surface area contributed by atoms with E-state index in [0.29, 0.717) is 18.7 Å². The highest BCUT2D eigenvalue weighted by molar-refractivity contribution is 7.92. The lowest BCUT2D eigenvalue weighted by atomic mass is 10.3. The molecule has 0 aliphatic heterocycles. The SMILES string of the molecule is CC(C)(C)S(=O)(=O)c1ccc(NCCCC(=O)O)cn1. The third-order valence-corrected chi connectivity index (χ3v) is 5.12. The molecule has 0 radical (unpaired) electrons. The summed E-state index contributed by atoms with van der Waals surface area (Å²) < 4.78 is 23.4. The number of hydrogen-bond donors (Lipinski definition) is 2. The van der Waals surface area contributed by atoms with E-state index in [2.05, 4.69) is 10.3 Å². The zero-order valence-corrected chi connectivity index (χ0v) is 12.7. The van der Waals surface area contributed by atoms with E-state index in [1.54, 1.807) is 26.8 Å². The van der Waals surface area contributed by atoms with E-state index in [4.69, 9.17) is 5.11 Å². The number of aliphatic carboxylic acids is 1. The number of anilines is 1. The Morgan fingerprint density at radius 2 is 2.00 bits per heavy atom. The van der Waals surface area contributed by atoms with Gasteiger partial charge < -0.3 is 10.4 Å². The molecule has 0 bridgehead atoms. The van der Waals surface area contributed by atoms with Crippen LogP contribution in [0.5, 0.6) is 0 Å². The number of nitrogens with zero attached hydrogens (tertiary/aromatic N) is 1. The summed E-state index contributed by atoms with van der Waals surface area (Å²) in [5.41, 5.74) is 0.670. The zero-order valence-electron chi connectivity index (χ0n) is 11.9. The van der Waals surface area contributed by atoms with Gasteiger partial charge in [-0.15, -0.1) is 0 Å². The van der Waals surface area contributed by atoms with Crippen molar-refractivity contribution in [2.75, 3.05) is 11.9 Å². The monoisotopic (exact) mass is 300 g/mol. The Balaban J connectivity index is 2.68. The van der Waals surface area contributed by atoms with Gasteiger partial charge in [0.05, 0.1) is 16.6 Å². The molecule has 112 valence electrons. The molecule has 0 saturated heterocycles. The molecule has 6 nitrogen and oxygen atoms in total. The molecule has 2 N–H and O–H groups in total. The van der Waals surface area contributed by atoms with Crippen molar-refractivity contribution in [3.8, 4) is 0 Å². The van der Waals surface area contributed by atoms with E-state index >= 15 is 0 Å². The Labute approximate surface area is 119 Å². The highest BCUT2D eigenvalue weighted by Crippen LogP contribution is 2.23. The van der Waals surface area contributed by atoms with Crippen LogP contribution in [0.4, 0.5) is 5.69 Å². The number of pyridine rings is 1. The van der Waals surface area contributed by atoms with Gasteiger partial charge in [0, 0.05) is 13.0 Å². The quantitative estimate of drug-likeness (QED) is 0.779. The van der Waals surface area contributed by atoms with E-state index in [0.717, 1.165) is 0 Å². The van der Waals surface area contributed by atoms with E-state index in [9.17, 15) is 13.2 Å². The minimum absolute atomic E-state index is 0.0427. The first kappa shape index (κ1) is 16.4. The number of carbonyl (C=O) groups is 1. The van der Waals surface area contributed by atoms with Gasteiger partial charge in [0.15, 0.2) is 14.9 Å². The lowest BCUT2D eigenvalue weighted by Gasteiger charge is -2.18. The fourth-order valence-corrected chi connectivity index (χ4v) is 2.50. The van der Waals surface area contributed by atoms with Crippen molar-refractivity contribution in [2.24, 2.45) is 0 Å². The van der Waals surface area contributed by atoms with Crippen LogP contribution in [0.1, 0.15) is 33.6 Å². The highest BCUT2D eigenvalue weighted by Gasteiger charge is 2.31. The van der Waals surface area contributed by atoms with Gasteiger partial charge in [-0.1, -0.05) is 0 Å². The molecule has 20 heavy (non-hydrogen) atoms. The molecule has 1 aromatic heterocycles. The normalized spacial score (nSPS) is 12.2. The van der Waals surface area contributed by atoms with Gasteiger partial charge in [0.2, 0.25) is 0 Å². The fourth-order valence-electron chi connectivity index (χ4n) is 1.43. The summed E-state index contributed by atoms with van der Waals surface area (Å²) in [7, 11) is -3.45. The lowest BCUT2D eigenvalue weighted by Crippen LogP contribution is -2.28. The topological polar surface area (TPSA) is 96.4 Å². The summed E-state index contributed by atoms with van der Waals surface area (Å²) in [5.74, 6) is -0.837. The molecule has 0 atom stereocenters. The molecule has 1 rings (SSSR count). The number of carboxylic acid groups (broad SMARTS) is 1. The Morgan fingerprint density at radius 3 is 2.45 bits per heavy atom. The van der Waals surface area contributed by atoms with Crippen molar-refractivity contribution < 1.29 is 18.3 Å². The van der Waals surface area contributed by atoms with E-state index in [1.165, 1.54) is 12.3 Å². The van der Waals surface area contributed by atoms with Crippen molar-refractivity contribution in [3.63, 3.8) is 0 Å². The van der Waals surface area contributed by atoms with Crippen LogP contribution in [0.25, 0.3) is 0 Å². The highest BCUT2D eigenvalue weighted by atomic mass is 32.2. The average molecular weight is 300 g/mol. The average Bonchev–Trinajstić information content (AvgIpc) is 2.33. The van der Waals surface area contributed by atoms with Crippen molar-refractivity contribution >= 4 is 21.5 Å². The molecule has 0 spiro atoms. The molecular weight excluding hydrogens is 280 g/mol. The van der Waals surface area contributed by atoms with Gasteiger partial charge >= 0.3 is 5.97 Å². The van der Waals surface area contributed by atoms with Crippen LogP contribution in [-0.4, -0.2) is 35.8 Å². The summed E-state index contributed by atoms with van der Waals surface area (Å²) in [4.78, 5) is 14.3. The van der Waals surface area contributed by atoms with Gasteiger partial charge in [-0.25, -0.2) is 13.4 Å². The molecule has 7 heteroatoms. The first-order valence-electron chi connectivity index (χ1n) is 6.31. The van der Waals surface area contributed by atoms with Gasteiger partial charge in [-0.05, 0) is 39.3 Å². The fraction of sp³-hybridized carbons (Fsp3) is 0.538. The number of rotatable bonds is 6. The van der Waals surface area contributed by atoms with Crippen LogP contribution in [-0.2, 0) is 14.6 Å². The molecule has 0 amide bonds. The summed E-state index contributed by atoms with van der Waals surface area (Å²) in [6, 6.07) is 3.09. The smallest absolute Gasteiger partial charge is 0.303 e. The molecule has 1 aromatic rings. The zero-order chi connectivity index (χ0) is 15.4. The van der Waals surface area contributed by atoms with Crippen LogP contribution in [0, 0.1) is 0 Å². The molecule has 0 aliphatic rings. The Hall–Kier alpha value is -1.63. The van der Waals surface area contributed by atoms with Gasteiger partial charge in [0.1, 0.15) is 0 Å². The van der Waals surface area contributed by atoms with E-state index in [-0.39, 0.29) is 11.4 Å². The summed E-state index contributed by atoms with van der Waals surface area (Å²) in [6.45, 7) is 5.38. The van der Waals surface area contributed by atoms with Gasteiger partial charge in [0.25, 0.3) is 0 Å². The molecule has 0 aromatic carbocycles. The standard InChI is InChI=1S/C13H20N2O4S/c1-13(2,3)20(18,19)11-7-6-10(9-15-11)14-8-4-5-12(16)17/h6-7,9,14H,4-5,8H2,1-3H3,(H,16,17). The van der Waals surface area contributed by atoms with Crippen molar-refractivity contribution in [2.45, 2.75) is 43.4 Å². The summed E-state index contributed by atoms with van der Waals surface area (Å²) >= 11 is 0. The molecular formula is C13H20N2O4S. The predicted octanol–water partition coefficient (Wildman–Crippen LogP) is 1.93. The minimum Gasteiger partial charge on any atom is -0.481 e.